The van der Waals surface area contributed by atoms with Crippen LogP contribution in [0.1, 0.15) is 32.1 Å². The van der Waals surface area contributed by atoms with Gasteiger partial charge in [-0.15, -0.1) is 0 Å². The van der Waals surface area contributed by atoms with E-state index in [4.69, 9.17) is 11.5 Å². The first kappa shape index (κ1) is 15.7. The Hall–Kier alpha value is -2.16. The molecular weight excluding hydrogens is 364 g/mol. The fraction of sp³-hybridized carbons (Fsp3) is 0.429. The molecule has 0 aromatic heterocycles. The number of nitrogens with zero attached hydrogens (tertiary/aromatic N) is 4. The van der Waals surface area contributed by atoms with E-state index in [0.29, 0.717) is 10.2 Å². The topological polar surface area (TPSA) is 123 Å². The van der Waals surface area contributed by atoms with E-state index in [9.17, 15) is 10.1 Å². The van der Waals surface area contributed by atoms with Crippen LogP contribution in [0, 0.1) is 10.1 Å². The van der Waals surface area contributed by atoms with Crippen LogP contribution < -0.4 is 16.4 Å². The van der Waals surface area contributed by atoms with Gasteiger partial charge in [0.1, 0.15) is 5.66 Å². The maximum atomic E-state index is 10.9. The summed E-state index contributed by atoms with van der Waals surface area (Å²) in [6, 6.07) is 4.57. The summed E-state index contributed by atoms with van der Waals surface area (Å²) in [6.45, 7) is 0. The number of halogens is 1. The van der Waals surface area contributed by atoms with Crippen molar-refractivity contribution in [2.24, 2.45) is 21.5 Å². The SMILES string of the molecule is NC1=NC2(CCCCC2)N(c2ccc([N+](=O)[O-])cc2Br)C(N)=N1. The molecule has 1 aromatic carbocycles. The van der Waals surface area contributed by atoms with Gasteiger partial charge in [-0.2, -0.15) is 4.99 Å². The van der Waals surface area contributed by atoms with E-state index in [1.165, 1.54) is 12.1 Å². The number of aliphatic imine (C=N–C) groups is 2. The summed E-state index contributed by atoms with van der Waals surface area (Å²) in [5.74, 6) is 0.438. The Morgan fingerprint density at radius 1 is 1.26 bits per heavy atom. The summed E-state index contributed by atoms with van der Waals surface area (Å²) in [7, 11) is 0. The van der Waals surface area contributed by atoms with Gasteiger partial charge in [-0.05, 0) is 47.7 Å². The van der Waals surface area contributed by atoms with Gasteiger partial charge in [-0.3, -0.25) is 15.0 Å². The molecule has 122 valence electrons. The lowest BCUT2D eigenvalue weighted by Gasteiger charge is -2.45. The van der Waals surface area contributed by atoms with Gasteiger partial charge in [0.2, 0.25) is 11.9 Å². The van der Waals surface area contributed by atoms with Crippen molar-refractivity contribution in [3.05, 3.63) is 32.8 Å². The smallest absolute Gasteiger partial charge is 0.270 e. The monoisotopic (exact) mass is 380 g/mol. The van der Waals surface area contributed by atoms with E-state index in [1.807, 2.05) is 4.90 Å². The second kappa shape index (κ2) is 5.80. The molecule has 1 spiro atoms. The molecule has 0 saturated heterocycles. The summed E-state index contributed by atoms with van der Waals surface area (Å²) in [6.07, 6.45) is 4.81. The number of hydrogen-bond acceptors (Lipinski definition) is 7. The van der Waals surface area contributed by atoms with Crippen molar-refractivity contribution >= 4 is 39.2 Å². The molecule has 0 amide bonds. The Labute approximate surface area is 141 Å². The van der Waals surface area contributed by atoms with Crippen LogP contribution in [0.5, 0.6) is 0 Å². The van der Waals surface area contributed by atoms with Crippen LogP contribution >= 0.6 is 15.9 Å². The van der Waals surface area contributed by atoms with E-state index in [0.717, 1.165) is 32.1 Å². The summed E-state index contributed by atoms with van der Waals surface area (Å²) in [5, 5.41) is 10.9. The Kier molecular flexibility index (Phi) is 3.97. The Morgan fingerprint density at radius 3 is 2.57 bits per heavy atom. The standard InChI is InChI=1S/C14H17BrN6O2/c15-10-8-9(21(22)23)4-5-11(10)20-13(17)18-12(16)19-14(20)6-2-1-3-7-14/h4-5,8H,1-3,6-7H2,(H4,16,17,18,19). The van der Waals surface area contributed by atoms with E-state index in [-0.39, 0.29) is 17.6 Å². The third-order valence-corrected chi connectivity index (χ3v) is 4.87. The highest BCUT2D eigenvalue weighted by atomic mass is 79.9. The summed E-state index contributed by atoms with van der Waals surface area (Å²) in [4.78, 5) is 21.0. The predicted octanol–water partition coefficient (Wildman–Crippen LogP) is 2.47. The van der Waals surface area contributed by atoms with Gasteiger partial charge in [0.05, 0.1) is 10.6 Å². The molecule has 3 rings (SSSR count). The minimum Gasteiger partial charge on any atom is -0.369 e. The van der Waals surface area contributed by atoms with Crippen molar-refractivity contribution in [3.8, 4) is 0 Å². The first-order valence-corrected chi connectivity index (χ1v) is 8.16. The molecule has 0 unspecified atom stereocenters. The van der Waals surface area contributed by atoms with Gasteiger partial charge in [-0.1, -0.05) is 6.42 Å². The van der Waals surface area contributed by atoms with Gasteiger partial charge in [0, 0.05) is 16.6 Å². The van der Waals surface area contributed by atoms with Gasteiger partial charge in [-0.25, -0.2) is 4.99 Å². The van der Waals surface area contributed by atoms with Crippen molar-refractivity contribution in [2.75, 3.05) is 4.90 Å². The lowest BCUT2D eigenvalue weighted by atomic mass is 9.87. The fourth-order valence-corrected chi connectivity index (χ4v) is 3.80. The Bertz CT molecular complexity index is 711. The van der Waals surface area contributed by atoms with Crippen LogP contribution in [0.25, 0.3) is 0 Å². The quantitative estimate of drug-likeness (QED) is 0.602. The maximum Gasteiger partial charge on any atom is 0.270 e. The molecule has 0 radical (unpaired) electrons. The average molecular weight is 381 g/mol. The third-order valence-electron chi connectivity index (χ3n) is 4.23. The van der Waals surface area contributed by atoms with Crippen LogP contribution in [0.3, 0.4) is 0 Å². The molecule has 1 fully saturated rings. The van der Waals surface area contributed by atoms with Crippen molar-refractivity contribution in [1.82, 2.24) is 0 Å². The highest BCUT2D eigenvalue weighted by Gasteiger charge is 2.43. The maximum absolute atomic E-state index is 10.9. The Balaban J connectivity index is 2.09. The summed E-state index contributed by atoms with van der Waals surface area (Å²) >= 11 is 3.41. The van der Waals surface area contributed by atoms with Crippen LogP contribution in [0.2, 0.25) is 0 Å². The zero-order chi connectivity index (χ0) is 16.6. The van der Waals surface area contributed by atoms with E-state index >= 15 is 0 Å². The summed E-state index contributed by atoms with van der Waals surface area (Å²) in [5.41, 5.74) is 12.1. The number of non-ortho nitro benzene ring substituents is 1. The lowest BCUT2D eigenvalue weighted by Crippen LogP contribution is -2.58. The lowest BCUT2D eigenvalue weighted by molar-refractivity contribution is -0.384. The van der Waals surface area contributed by atoms with Crippen molar-refractivity contribution in [3.63, 3.8) is 0 Å². The first-order valence-electron chi connectivity index (χ1n) is 7.37. The molecule has 1 heterocycles. The highest BCUT2D eigenvalue weighted by Crippen LogP contribution is 2.42. The largest absolute Gasteiger partial charge is 0.369 e. The Morgan fingerprint density at radius 2 is 1.96 bits per heavy atom. The molecule has 1 saturated carbocycles. The molecule has 2 aliphatic rings. The van der Waals surface area contributed by atoms with Gasteiger partial charge in [0.25, 0.3) is 5.69 Å². The molecule has 4 N–H and O–H groups in total. The molecule has 1 aromatic rings. The minimum atomic E-state index is -0.563. The van der Waals surface area contributed by atoms with Crippen molar-refractivity contribution < 1.29 is 4.92 Å². The number of anilines is 1. The number of hydrogen-bond donors (Lipinski definition) is 2. The molecule has 0 bridgehead atoms. The van der Waals surface area contributed by atoms with Crippen molar-refractivity contribution in [2.45, 2.75) is 37.8 Å². The molecular formula is C14H17BrN6O2. The number of nitro groups is 1. The second-order valence-electron chi connectivity index (χ2n) is 5.71. The molecule has 8 nitrogen and oxygen atoms in total. The normalized spacial score (nSPS) is 20.1. The number of nitro benzene ring substituents is 1. The number of rotatable bonds is 2. The van der Waals surface area contributed by atoms with E-state index < -0.39 is 10.6 Å². The van der Waals surface area contributed by atoms with Crippen LogP contribution in [0.15, 0.2) is 32.7 Å². The highest BCUT2D eigenvalue weighted by molar-refractivity contribution is 9.10. The number of benzene rings is 1. The van der Waals surface area contributed by atoms with Crippen LogP contribution in [0.4, 0.5) is 11.4 Å². The molecule has 23 heavy (non-hydrogen) atoms. The second-order valence-corrected chi connectivity index (χ2v) is 6.57. The van der Waals surface area contributed by atoms with E-state index in [1.54, 1.807) is 6.07 Å². The third kappa shape index (κ3) is 2.76. The van der Waals surface area contributed by atoms with Gasteiger partial charge >= 0.3 is 0 Å². The predicted molar refractivity (Wildman–Crippen MR) is 92.3 cm³/mol. The number of nitrogens with two attached hydrogens (primary N) is 2. The van der Waals surface area contributed by atoms with Crippen LogP contribution in [-0.2, 0) is 0 Å². The van der Waals surface area contributed by atoms with Gasteiger partial charge in [0.15, 0.2) is 0 Å². The fourth-order valence-electron chi connectivity index (χ4n) is 3.26. The van der Waals surface area contributed by atoms with Crippen molar-refractivity contribution in [1.29, 1.82) is 0 Å². The average Bonchev–Trinajstić information content (AvgIpc) is 2.48. The zero-order valence-corrected chi connectivity index (χ0v) is 14.0. The number of guanidine groups is 2. The van der Waals surface area contributed by atoms with Crippen LogP contribution in [-0.4, -0.2) is 22.5 Å². The first-order chi connectivity index (χ1) is 10.9. The minimum absolute atomic E-state index is 0.00820. The summed E-state index contributed by atoms with van der Waals surface area (Å²) < 4.78 is 0.575. The van der Waals surface area contributed by atoms with E-state index in [2.05, 4.69) is 25.9 Å². The molecule has 9 heteroatoms. The molecule has 1 aliphatic heterocycles. The zero-order valence-electron chi connectivity index (χ0n) is 12.4. The molecule has 0 atom stereocenters. The van der Waals surface area contributed by atoms with Gasteiger partial charge < -0.3 is 11.5 Å². The molecule has 1 aliphatic carbocycles.